The number of hydrogen-bond acceptors (Lipinski definition) is 1. The summed E-state index contributed by atoms with van der Waals surface area (Å²) >= 11 is 5.80. The van der Waals surface area contributed by atoms with Gasteiger partial charge in [0, 0.05) is 5.03 Å². The molecule has 1 aliphatic carbocycles. The predicted molar refractivity (Wildman–Crippen MR) is 54.7 cm³/mol. The van der Waals surface area contributed by atoms with Crippen LogP contribution in [-0.4, -0.2) is 12.7 Å². The zero-order valence-electron chi connectivity index (χ0n) is 7.24. The summed E-state index contributed by atoms with van der Waals surface area (Å²) in [6.07, 6.45) is 13.3. The molecule has 68 valence electrons. The van der Waals surface area contributed by atoms with Gasteiger partial charge in [-0.15, -0.1) is 0 Å². The molecule has 0 saturated carbocycles. The second-order valence-corrected chi connectivity index (χ2v) is 3.53. The van der Waals surface area contributed by atoms with Crippen LogP contribution in [0.15, 0.2) is 47.1 Å². The quantitative estimate of drug-likeness (QED) is 0.584. The Hall–Kier alpha value is -0.790. The Morgan fingerprint density at radius 3 is 3.00 bits per heavy atom. The summed E-state index contributed by atoms with van der Waals surface area (Å²) in [6.45, 7) is 0.731. The maximum absolute atomic E-state index is 5.80. The molecule has 2 heteroatoms. The number of rotatable bonds is 1. The third kappa shape index (κ3) is 2.33. The van der Waals surface area contributed by atoms with Gasteiger partial charge in [0.05, 0.1) is 12.7 Å². The Balaban J connectivity index is 2.02. The van der Waals surface area contributed by atoms with Crippen molar-refractivity contribution in [2.24, 2.45) is 0 Å². The molecule has 2 aliphatic rings. The zero-order valence-corrected chi connectivity index (χ0v) is 8.00. The fraction of sp³-hybridized carbons (Fsp3) is 0.273. The Bertz CT molecular complexity index is 310. The molecule has 1 unspecified atom stereocenters. The second kappa shape index (κ2) is 3.95. The van der Waals surface area contributed by atoms with Gasteiger partial charge >= 0.3 is 0 Å². The Kier molecular flexibility index (Phi) is 2.67. The number of ether oxygens (including phenoxy) is 1. The minimum absolute atomic E-state index is 0.157. The molecule has 0 N–H and O–H groups in total. The normalized spacial score (nSPS) is 29.8. The van der Waals surface area contributed by atoms with E-state index in [0.29, 0.717) is 0 Å². The highest BCUT2D eigenvalue weighted by molar-refractivity contribution is 6.31. The van der Waals surface area contributed by atoms with Crippen LogP contribution in [0.5, 0.6) is 0 Å². The first-order chi connectivity index (χ1) is 6.34. The molecule has 0 bridgehead atoms. The summed E-state index contributed by atoms with van der Waals surface area (Å²) in [5, 5.41) is 0.819. The van der Waals surface area contributed by atoms with Crippen LogP contribution in [0.25, 0.3) is 0 Å². The molecule has 0 saturated heterocycles. The summed E-state index contributed by atoms with van der Waals surface area (Å²) in [7, 11) is 0. The van der Waals surface area contributed by atoms with Crippen LogP contribution >= 0.6 is 11.6 Å². The summed E-state index contributed by atoms with van der Waals surface area (Å²) in [5.41, 5.74) is 1.26. The minimum atomic E-state index is 0.157. The number of allylic oxidation sites excluding steroid dienone is 5. The largest absolute Gasteiger partial charge is 0.366 e. The molecule has 1 atom stereocenters. The molecular formula is C11H11ClO. The van der Waals surface area contributed by atoms with Gasteiger partial charge in [0.15, 0.2) is 0 Å². The van der Waals surface area contributed by atoms with Gasteiger partial charge in [-0.2, -0.15) is 0 Å². The Morgan fingerprint density at radius 2 is 2.38 bits per heavy atom. The average Bonchev–Trinajstić information content (AvgIpc) is 2.62. The van der Waals surface area contributed by atoms with Gasteiger partial charge < -0.3 is 4.74 Å². The lowest BCUT2D eigenvalue weighted by Crippen LogP contribution is -2.01. The van der Waals surface area contributed by atoms with Crippen molar-refractivity contribution in [1.29, 1.82) is 0 Å². The summed E-state index contributed by atoms with van der Waals surface area (Å²) in [4.78, 5) is 0. The molecule has 0 radical (unpaired) electrons. The molecule has 2 rings (SSSR count). The Labute approximate surface area is 83.0 Å². The number of hydrogen-bond donors (Lipinski definition) is 0. The SMILES string of the molecule is ClC1=CCC(=CC2C=CCO2)C=C1. The first-order valence-corrected chi connectivity index (χ1v) is 4.75. The smallest absolute Gasteiger partial charge is 0.0948 e. The van der Waals surface area contributed by atoms with E-state index in [9.17, 15) is 0 Å². The lowest BCUT2D eigenvalue weighted by Gasteiger charge is -2.07. The predicted octanol–water partition coefficient (Wildman–Crippen LogP) is 2.95. The van der Waals surface area contributed by atoms with Gasteiger partial charge in [0.2, 0.25) is 0 Å². The van der Waals surface area contributed by atoms with E-state index in [4.69, 9.17) is 16.3 Å². The van der Waals surface area contributed by atoms with Crippen molar-refractivity contribution in [3.05, 3.63) is 47.1 Å². The van der Waals surface area contributed by atoms with E-state index in [1.807, 2.05) is 24.3 Å². The van der Waals surface area contributed by atoms with Crippen molar-refractivity contribution in [3.63, 3.8) is 0 Å². The fourth-order valence-corrected chi connectivity index (χ4v) is 1.53. The monoisotopic (exact) mass is 194 g/mol. The van der Waals surface area contributed by atoms with Crippen molar-refractivity contribution >= 4 is 11.6 Å². The molecule has 1 aliphatic heterocycles. The molecule has 1 nitrogen and oxygen atoms in total. The Morgan fingerprint density at radius 1 is 1.46 bits per heavy atom. The van der Waals surface area contributed by atoms with Crippen LogP contribution in [0.4, 0.5) is 0 Å². The second-order valence-electron chi connectivity index (χ2n) is 3.09. The van der Waals surface area contributed by atoms with E-state index in [1.165, 1.54) is 5.57 Å². The van der Waals surface area contributed by atoms with Crippen LogP contribution in [0.1, 0.15) is 6.42 Å². The van der Waals surface area contributed by atoms with Crippen molar-refractivity contribution in [1.82, 2.24) is 0 Å². The van der Waals surface area contributed by atoms with Crippen molar-refractivity contribution in [2.45, 2.75) is 12.5 Å². The summed E-state index contributed by atoms with van der Waals surface area (Å²) in [6, 6.07) is 0. The molecule has 1 heterocycles. The molecule has 0 fully saturated rings. The van der Waals surface area contributed by atoms with Crippen molar-refractivity contribution in [2.75, 3.05) is 6.61 Å². The summed E-state index contributed by atoms with van der Waals surface area (Å²) in [5.74, 6) is 0. The van der Waals surface area contributed by atoms with Crippen LogP contribution in [0, 0.1) is 0 Å². The van der Waals surface area contributed by atoms with E-state index >= 15 is 0 Å². The maximum Gasteiger partial charge on any atom is 0.0948 e. The molecule has 0 aromatic rings. The highest BCUT2D eigenvalue weighted by Crippen LogP contribution is 2.19. The highest BCUT2D eigenvalue weighted by atomic mass is 35.5. The van der Waals surface area contributed by atoms with Crippen LogP contribution < -0.4 is 0 Å². The van der Waals surface area contributed by atoms with E-state index in [1.54, 1.807) is 0 Å². The minimum Gasteiger partial charge on any atom is -0.366 e. The topological polar surface area (TPSA) is 9.23 Å². The lowest BCUT2D eigenvalue weighted by atomic mass is 10.1. The molecule has 0 spiro atoms. The van der Waals surface area contributed by atoms with Crippen molar-refractivity contribution in [3.8, 4) is 0 Å². The molecule has 0 amide bonds. The highest BCUT2D eigenvalue weighted by Gasteiger charge is 2.07. The van der Waals surface area contributed by atoms with Gasteiger partial charge in [0.25, 0.3) is 0 Å². The van der Waals surface area contributed by atoms with Crippen LogP contribution in [0.2, 0.25) is 0 Å². The first kappa shape index (κ1) is 8.79. The van der Waals surface area contributed by atoms with Crippen molar-refractivity contribution < 1.29 is 4.74 Å². The van der Waals surface area contributed by atoms with E-state index in [-0.39, 0.29) is 6.10 Å². The third-order valence-corrected chi connectivity index (χ3v) is 2.36. The van der Waals surface area contributed by atoms with E-state index in [0.717, 1.165) is 18.1 Å². The third-order valence-electron chi connectivity index (χ3n) is 2.08. The molecule has 13 heavy (non-hydrogen) atoms. The molecule has 0 aromatic heterocycles. The molecular weight excluding hydrogens is 184 g/mol. The first-order valence-electron chi connectivity index (χ1n) is 4.37. The van der Waals surface area contributed by atoms with E-state index < -0.39 is 0 Å². The van der Waals surface area contributed by atoms with Gasteiger partial charge in [0.1, 0.15) is 0 Å². The average molecular weight is 195 g/mol. The van der Waals surface area contributed by atoms with Gasteiger partial charge in [-0.25, -0.2) is 0 Å². The van der Waals surface area contributed by atoms with Gasteiger partial charge in [-0.05, 0) is 24.1 Å². The number of halogens is 1. The maximum atomic E-state index is 5.80. The summed E-state index contributed by atoms with van der Waals surface area (Å²) < 4.78 is 5.41. The van der Waals surface area contributed by atoms with Crippen LogP contribution in [-0.2, 0) is 4.74 Å². The lowest BCUT2D eigenvalue weighted by molar-refractivity contribution is 0.161. The fourth-order valence-electron chi connectivity index (χ4n) is 1.39. The van der Waals surface area contributed by atoms with Crippen LogP contribution in [0.3, 0.4) is 0 Å². The zero-order chi connectivity index (χ0) is 9.10. The van der Waals surface area contributed by atoms with Gasteiger partial charge in [-0.1, -0.05) is 35.9 Å². The van der Waals surface area contributed by atoms with Gasteiger partial charge in [-0.3, -0.25) is 0 Å². The standard InChI is InChI=1S/C11H11ClO/c12-10-5-3-9(4-6-10)8-11-2-1-7-13-11/h1-3,5-6,8,11H,4,7H2. The van der Waals surface area contributed by atoms with E-state index in [2.05, 4.69) is 12.2 Å². The molecule has 0 aromatic carbocycles.